The molecule has 0 aromatic heterocycles. The summed E-state index contributed by atoms with van der Waals surface area (Å²) in [6.45, 7) is 1.38. The maximum Gasteiger partial charge on any atom is 0.254 e. The van der Waals surface area contributed by atoms with E-state index in [1.807, 2.05) is 6.07 Å². The van der Waals surface area contributed by atoms with Crippen LogP contribution in [0.25, 0.3) is 0 Å². The lowest BCUT2D eigenvalue weighted by Crippen LogP contribution is -2.53. The van der Waals surface area contributed by atoms with Crippen molar-refractivity contribution in [3.8, 4) is 0 Å². The van der Waals surface area contributed by atoms with Crippen LogP contribution in [0.3, 0.4) is 0 Å². The summed E-state index contributed by atoms with van der Waals surface area (Å²) in [5.74, 6) is -0.209. The SMILES string of the molecule is O=C1CCCN1c1cccc(C(=O)N2CCOC3CS(=O)(=O)CC32)c1. The molecule has 3 aliphatic rings. The van der Waals surface area contributed by atoms with Crippen molar-refractivity contribution in [3.05, 3.63) is 29.8 Å². The van der Waals surface area contributed by atoms with Crippen molar-refractivity contribution in [2.24, 2.45) is 0 Å². The van der Waals surface area contributed by atoms with E-state index < -0.39 is 22.0 Å². The molecule has 3 aliphatic heterocycles. The lowest BCUT2D eigenvalue weighted by molar-refractivity contribution is -0.117. The highest BCUT2D eigenvalue weighted by molar-refractivity contribution is 7.91. The first-order valence-electron chi connectivity index (χ1n) is 8.48. The number of nitrogens with zero attached hydrogens (tertiary/aromatic N) is 2. The molecule has 134 valence electrons. The maximum absolute atomic E-state index is 13.0. The monoisotopic (exact) mass is 364 g/mol. The van der Waals surface area contributed by atoms with Gasteiger partial charge in [-0.05, 0) is 24.6 Å². The van der Waals surface area contributed by atoms with E-state index in [1.54, 1.807) is 28.0 Å². The van der Waals surface area contributed by atoms with Gasteiger partial charge in [-0.2, -0.15) is 0 Å². The maximum atomic E-state index is 13.0. The number of ether oxygens (including phenoxy) is 1. The van der Waals surface area contributed by atoms with Gasteiger partial charge in [0.15, 0.2) is 9.84 Å². The Hall–Kier alpha value is -1.93. The van der Waals surface area contributed by atoms with Gasteiger partial charge in [0.1, 0.15) is 0 Å². The van der Waals surface area contributed by atoms with Crippen LogP contribution in [0.2, 0.25) is 0 Å². The van der Waals surface area contributed by atoms with Crippen LogP contribution in [0.15, 0.2) is 24.3 Å². The normalized spacial score (nSPS) is 28.2. The number of hydrogen-bond donors (Lipinski definition) is 0. The molecule has 0 radical (unpaired) electrons. The van der Waals surface area contributed by atoms with Crippen molar-refractivity contribution in [2.45, 2.75) is 25.0 Å². The zero-order chi connectivity index (χ0) is 17.6. The van der Waals surface area contributed by atoms with E-state index >= 15 is 0 Å². The van der Waals surface area contributed by atoms with E-state index in [-0.39, 0.29) is 23.3 Å². The highest BCUT2D eigenvalue weighted by atomic mass is 32.2. The Morgan fingerprint density at radius 2 is 2.04 bits per heavy atom. The Morgan fingerprint density at radius 1 is 1.20 bits per heavy atom. The largest absolute Gasteiger partial charge is 0.373 e. The van der Waals surface area contributed by atoms with Crippen molar-refractivity contribution in [1.29, 1.82) is 0 Å². The van der Waals surface area contributed by atoms with Crippen LogP contribution in [0.4, 0.5) is 5.69 Å². The molecule has 2 atom stereocenters. The molecule has 25 heavy (non-hydrogen) atoms. The van der Waals surface area contributed by atoms with Gasteiger partial charge in [-0.15, -0.1) is 0 Å². The number of rotatable bonds is 2. The minimum Gasteiger partial charge on any atom is -0.373 e. The quantitative estimate of drug-likeness (QED) is 0.761. The lowest BCUT2D eigenvalue weighted by atomic mass is 10.1. The zero-order valence-electron chi connectivity index (χ0n) is 13.8. The number of sulfone groups is 1. The van der Waals surface area contributed by atoms with Crippen LogP contribution in [0.5, 0.6) is 0 Å². The van der Waals surface area contributed by atoms with Crippen LogP contribution in [0, 0.1) is 0 Å². The molecule has 0 bridgehead atoms. The highest BCUT2D eigenvalue weighted by Gasteiger charge is 2.45. The Morgan fingerprint density at radius 3 is 2.80 bits per heavy atom. The number of carbonyl (C=O) groups is 2. The summed E-state index contributed by atoms with van der Waals surface area (Å²) in [6.07, 6.45) is 0.914. The zero-order valence-corrected chi connectivity index (χ0v) is 14.6. The molecule has 7 nitrogen and oxygen atoms in total. The minimum absolute atomic E-state index is 0.0240. The van der Waals surface area contributed by atoms with Crippen LogP contribution in [-0.4, -0.2) is 68.5 Å². The van der Waals surface area contributed by atoms with Crippen molar-refractivity contribution < 1.29 is 22.7 Å². The van der Waals surface area contributed by atoms with E-state index in [2.05, 4.69) is 0 Å². The van der Waals surface area contributed by atoms with Crippen LogP contribution >= 0.6 is 0 Å². The second kappa shape index (κ2) is 6.10. The van der Waals surface area contributed by atoms with Crippen molar-refractivity contribution >= 4 is 27.3 Å². The summed E-state index contributed by atoms with van der Waals surface area (Å²) >= 11 is 0. The number of amides is 2. The van der Waals surface area contributed by atoms with E-state index in [1.165, 1.54) is 0 Å². The van der Waals surface area contributed by atoms with Gasteiger partial charge in [-0.1, -0.05) is 6.07 Å². The van der Waals surface area contributed by atoms with Gasteiger partial charge in [-0.25, -0.2) is 8.42 Å². The Labute approximate surface area is 146 Å². The first-order valence-corrected chi connectivity index (χ1v) is 10.3. The van der Waals surface area contributed by atoms with Crippen molar-refractivity contribution in [2.75, 3.05) is 36.1 Å². The number of hydrogen-bond acceptors (Lipinski definition) is 5. The molecule has 4 rings (SSSR count). The number of anilines is 1. The molecule has 3 heterocycles. The molecule has 0 spiro atoms. The Kier molecular flexibility index (Phi) is 4.04. The average molecular weight is 364 g/mol. The van der Waals surface area contributed by atoms with E-state index in [0.29, 0.717) is 31.7 Å². The molecule has 0 aliphatic carbocycles. The number of carbonyl (C=O) groups excluding carboxylic acids is 2. The predicted molar refractivity (Wildman–Crippen MR) is 91.2 cm³/mol. The van der Waals surface area contributed by atoms with Gasteiger partial charge in [0.25, 0.3) is 5.91 Å². The fourth-order valence-corrected chi connectivity index (χ4v) is 5.73. The molecule has 0 saturated carbocycles. The predicted octanol–water partition coefficient (Wildman–Crippen LogP) is 0.451. The molecule has 3 fully saturated rings. The molecular weight excluding hydrogens is 344 g/mol. The average Bonchev–Trinajstić information content (AvgIpc) is 3.15. The third-order valence-corrected chi connectivity index (χ3v) is 6.76. The molecular formula is C17H20N2O5S. The lowest BCUT2D eigenvalue weighted by Gasteiger charge is -2.36. The van der Waals surface area contributed by atoms with E-state index in [0.717, 1.165) is 12.1 Å². The fraction of sp³-hybridized carbons (Fsp3) is 0.529. The van der Waals surface area contributed by atoms with Gasteiger partial charge < -0.3 is 14.5 Å². The standard InChI is InChI=1S/C17H20N2O5S/c20-16-5-2-6-18(16)13-4-1-3-12(9-13)17(21)19-7-8-24-15-11-25(22,23)10-14(15)19/h1,3-4,9,14-15H,2,5-8,10-11H2. The second-order valence-electron chi connectivity index (χ2n) is 6.75. The van der Waals surface area contributed by atoms with Gasteiger partial charge in [0, 0.05) is 30.8 Å². The molecule has 8 heteroatoms. The van der Waals surface area contributed by atoms with Crippen LogP contribution in [-0.2, 0) is 19.4 Å². The summed E-state index contributed by atoms with van der Waals surface area (Å²) in [6, 6.07) is 6.59. The second-order valence-corrected chi connectivity index (χ2v) is 8.91. The van der Waals surface area contributed by atoms with Crippen molar-refractivity contribution in [3.63, 3.8) is 0 Å². The van der Waals surface area contributed by atoms with Gasteiger partial charge >= 0.3 is 0 Å². The minimum atomic E-state index is -3.18. The summed E-state index contributed by atoms with van der Waals surface area (Å²) < 4.78 is 29.4. The van der Waals surface area contributed by atoms with Crippen LogP contribution < -0.4 is 4.90 Å². The van der Waals surface area contributed by atoms with Gasteiger partial charge in [0.2, 0.25) is 5.91 Å². The molecule has 1 aromatic rings. The molecule has 2 amide bonds. The van der Waals surface area contributed by atoms with Gasteiger partial charge in [0.05, 0.1) is 30.3 Å². The van der Waals surface area contributed by atoms with Crippen LogP contribution in [0.1, 0.15) is 23.2 Å². The smallest absolute Gasteiger partial charge is 0.254 e. The fourth-order valence-electron chi connectivity index (χ4n) is 3.86. The molecule has 1 aromatic carbocycles. The van der Waals surface area contributed by atoms with E-state index in [9.17, 15) is 18.0 Å². The van der Waals surface area contributed by atoms with Gasteiger partial charge in [-0.3, -0.25) is 9.59 Å². The topological polar surface area (TPSA) is 84.0 Å². The highest BCUT2D eigenvalue weighted by Crippen LogP contribution is 2.28. The summed E-state index contributed by atoms with van der Waals surface area (Å²) in [5.41, 5.74) is 1.19. The summed E-state index contributed by atoms with van der Waals surface area (Å²) in [4.78, 5) is 28.2. The van der Waals surface area contributed by atoms with E-state index in [4.69, 9.17) is 4.74 Å². The molecule has 2 unspecified atom stereocenters. The van der Waals surface area contributed by atoms with Crippen molar-refractivity contribution in [1.82, 2.24) is 4.90 Å². The molecule has 3 saturated heterocycles. The Bertz CT molecular complexity index is 822. The number of fused-ring (bicyclic) bond motifs is 1. The third-order valence-electron chi connectivity index (χ3n) is 5.08. The first-order chi connectivity index (χ1) is 11.9. The first kappa shape index (κ1) is 16.5. The third kappa shape index (κ3) is 3.04. The Balaban J connectivity index is 1.59. The summed E-state index contributed by atoms with van der Waals surface area (Å²) in [7, 11) is -3.18. The number of morpholine rings is 1. The number of benzene rings is 1. The summed E-state index contributed by atoms with van der Waals surface area (Å²) in [5, 5.41) is 0. The molecule has 0 N–H and O–H groups in total.